The summed E-state index contributed by atoms with van der Waals surface area (Å²) in [6.07, 6.45) is 9.72. The van der Waals surface area contributed by atoms with Crippen LogP contribution < -0.4 is 5.32 Å². The van der Waals surface area contributed by atoms with Gasteiger partial charge in [-0.15, -0.1) is 11.3 Å². The molecule has 1 N–H and O–H groups in total. The predicted octanol–water partition coefficient (Wildman–Crippen LogP) is 5.15. The van der Waals surface area contributed by atoms with Crippen molar-refractivity contribution in [3.05, 3.63) is 22.4 Å². The second kappa shape index (κ2) is 9.67. The van der Waals surface area contributed by atoms with E-state index in [4.69, 9.17) is 0 Å². The molecule has 0 radical (unpaired) electrons. The maximum Gasteiger partial charge on any atom is 0.0386 e. The van der Waals surface area contributed by atoms with Gasteiger partial charge in [0.1, 0.15) is 0 Å². The van der Waals surface area contributed by atoms with Crippen LogP contribution in [-0.4, -0.2) is 6.54 Å². The van der Waals surface area contributed by atoms with Crippen molar-refractivity contribution in [3.63, 3.8) is 0 Å². The Morgan fingerprint density at radius 1 is 1.12 bits per heavy atom. The lowest BCUT2D eigenvalue weighted by Crippen LogP contribution is -2.18. The first kappa shape index (κ1) is 14.7. The summed E-state index contributed by atoms with van der Waals surface area (Å²) in [4.78, 5) is 1.45. The average Bonchev–Trinajstić information content (AvgIpc) is 2.86. The first-order valence-corrected chi connectivity index (χ1v) is 7.99. The Balaban J connectivity index is 1.90. The van der Waals surface area contributed by atoms with E-state index < -0.39 is 0 Å². The molecule has 1 heterocycles. The summed E-state index contributed by atoms with van der Waals surface area (Å²) in [6.45, 7) is 5.69. The molecule has 0 saturated carbocycles. The number of nitrogens with one attached hydrogen (secondary N) is 1. The van der Waals surface area contributed by atoms with E-state index in [-0.39, 0.29) is 0 Å². The first-order chi connectivity index (χ1) is 8.34. The number of thiophene rings is 1. The lowest BCUT2D eigenvalue weighted by Gasteiger charge is -2.11. The highest BCUT2D eigenvalue weighted by Crippen LogP contribution is 2.18. The maximum atomic E-state index is 3.60. The summed E-state index contributed by atoms with van der Waals surface area (Å²) >= 11 is 1.85. The van der Waals surface area contributed by atoms with Crippen LogP contribution in [0.3, 0.4) is 0 Å². The van der Waals surface area contributed by atoms with Crippen LogP contribution in [0.4, 0.5) is 0 Å². The predicted molar refractivity (Wildman–Crippen MR) is 78.7 cm³/mol. The van der Waals surface area contributed by atoms with Gasteiger partial charge in [-0.25, -0.2) is 0 Å². The SMILES string of the molecule is CCCCCCCCCN[C@@H](C)c1cccs1. The van der Waals surface area contributed by atoms with E-state index in [0.29, 0.717) is 6.04 Å². The molecule has 2 heteroatoms. The number of unbranched alkanes of at least 4 members (excludes halogenated alkanes) is 6. The third-order valence-electron chi connectivity index (χ3n) is 3.20. The minimum Gasteiger partial charge on any atom is -0.309 e. The van der Waals surface area contributed by atoms with Gasteiger partial charge in [0.05, 0.1) is 0 Å². The lowest BCUT2D eigenvalue weighted by molar-refractivity contribution is 0.528. The van der Waals surface area contributed by atoms with Crippen LogP contribution in [0.1, 0.15) is 69.7 Å². The molecule has 0 aliphatic rings. The van der Waals surface area contributed by atoms with Gasteiger partial charge >= 0.3 is 0 Å². The molecule has 0 bridgehead atoms. The molecule has 1 aromatic heterocycles. The Labute approximate surface area is 111 Å². The fraction of sp³-hybridized carbons (Fsp3) is 0.733. The van der Waals surface area contributed by atoms with Crippen LogP contribution in [0.15, 0.2) is 17.5 Å². The van der Waals surface area contributed by atoms with Crippen LogP contribution in [0, 0.1) is 0 Å². The molecule has 0 aromatic carbocycles. The van der Waals surface area contributed by atoms with Gasteiger partial charge in [0.25, 0.3) is 0 Å². The fourth-order valence-corrected chi connectivity index (χ4v) is 2.80. The van der Waals surface area contributed by atoms with E-state index in [1.165, 1.54) is 49.8 Å². The second-order valence-corrected chi connectivity index (χ2v) is 5.79. The van der Waals surface area contributed by atoms with Crippen LogP contribution >= 0.6 is 11.3 Å². The van der Waals surface area contributed by atoms with Crippen LogP contribution in [0.25, 0.3) is 0 Å². The molecule has 0 fully saturated rings. The highest BCUT2D eigenvalue weighted by atomic mass is 32.1. The third-order valence-corrected chi connectivity index (χ3v) is 4.26. The molecular formula is C15H27NS. The molecule has 0 spiro atoms. The highest BCUT2D eigenvalue weighted by Gasteiger charge is 2.03. The Morgan fingerprint density at radius 3 is 2.47 bits per heavy atom. The molecule has 1 aromatic rings. The molecule has 0 aliphatic carbocycles. The van der Waals surface area contributed by atoms with Crippen molar-refractivity contribution < 1.29 is 0 Å². The summed E-state index contributed by atoms with van der Waals surface area (Å²) < 4.78 is 0. The summed E-state index contributed by atoms with van der Waals surface area (Å²) in [5.74, 6) is 0. The summed E-state index contributed by atoms with van der Waals surface area (Å²) in [5, 5.41) is 5.75. The molecule has 0 amide bonds. The van der Waals surface area contributed by atoms with Crippen molar-refractivity contribution >= 4 is 11.3 Å². The largest absolute Gasteiger partial charge is 0.309 e. The highest BCUT2D eigenvalue weighted by molar-refractivity contribution is 7.10. The molecule has 0 unspecified atom stereocenters. The van der Waals surface area contributed by atoms with Crippen LogP contribution in [0.2, 0.25) is 0 Å². The smallest absolute Gasteiger partial charge is 0.0386 e. The van der Waals surface area contributed by atoms with E-state index in [0.717, 1.165) is 6.54 Å². The molecule has 17 heavy (non-hydrogen) atoms. The first-order valence-electron chi connectivity index (χ1n) is 7.11. The minimum atomic E-state index is 0.523. The van der Waals surface area contributed by atoms with Crippen molar-refractivity contribution in [2.75, 3.05) is 6.54 Å². The second-order valence-electron chi connectivity index (χ2n) is 4.81. The van der Waals surface area contributed by atoms with Crippen molar-refractivity contribution in [1.29, 1.82) is 0 Å². The molecule has 0 saturated heterocycles. The van der Waals surface area contributed by atoms with Gasteiger partial charge in [-0.05, 0) is 31.3 Å². The molecule has 1 nitrogen and oxygen atoms in total. The van der Waals surface area contributed by atoms with Crippen LogP contribution in [-0.2, 0) is 0 Å². The zero-order chi connectivity index (χ0) is 12.3. The topological polar surface area (TPSA) is 12.0 Å². The Kier molecular flexibility index (Phi) is 8.37. The average molecular weight is 253 g/mol. The molecular weight excluding hydrogens is 226 g/mol. The third kappa shape index (κ3) is 6.85. The zero-order valence-electron chi connectivity index (χ0n) is 11.4. The van der Waals surface area contributed by atoms with Gasteiger partial charge in [0.2, 0.25) is 0 Å². The van der Waals surface area contributed by atoms with Crippen LogP contribution in [0.5, 0.6) is 0 Å². The number of hydrogen-bond donors (Lipinski definition) is 1. The zero-order valence-corrected chi connectivity index (χ0v) is 12.2. The standard InChI is InChI=1S/C15H27NS/c1-3-4-5-6-7-8-9-12-16-14(2)15-11-10-13-17-15/h10-11,13-14,16H,3-9,12H2,1-2H3/t14-/m0/s1. The summed E-state index contributed by atoms with van der Waals surface area (Å²) in [6, 6.07) is 4.87. The van der Waals surface area contributed by atoms with E-state index in [1.54, 1.807) is 0 Å². The van der Waals surface area contributed by atoms with Crippen molar-refractivity contribution in [2.45, 2.75) is 64.8 Å². The van der Waals surface area contributed by atoms with Crippen molar-refractivity contribution in [2.24, 2.45) is 0 Å². The quantitative estimate of drug-likeness (QED) is 0.569. The minimum absolute atomic E-state index is 0.523. The maximum absolute atomic E-state index is 3.60. The molecule has 98 valence electrons. The molecule has 1 rings (SSSR count). The van der Waals surface area contributed by atoms with Crippen molar-refractivity contribution in [1.82, 2.24) is 5.32 Å². The molecule has 1 atom stereocenters. The summed E-state index contributed by atoms with van der Waals surface area (Å²) in [5.41, 5.74) is 0. The van der Waals surface area contributed by atoms with E-state index >= 15 is 0 Å². The fourth-order valence-electron chi connectivity index (χ4n) is 2.04. The monoisotopic (exact) mass is 253 g/mol. The van der Waals surface area contributed by atoms with E-state index in [9.17, 15) is 0 Å². The lowest BCUT2D eigenvalue weighted by atomic mass is 10.1. The normalized spacial score (nSPS) is 12.8. The number of rotatable bonds is 10. The Morgan fingerprint density at radius 2 is 1.82 bits per heavy atom. The van der Waals surface area contributed by atoms with Gasteiger partial charge in [-0.2, -0.15) is 0 Å². The molecule has 0 aliphatic heterocycles. The van der Waals surface area contributed by atoms with Crippen molar-refractivity contribution in [3.8, 4) is 0 Å². The van der Waals surface area contributed by atoms with E-state index in [2.05, 4.69) is 36.7 Å². The Hall–Kier alpha value is -0.340. The van der Waals surface area contributed by atoms with E-state index in [1.807, 2.05) is 11.3 Å². The number of hydrogen-bond acceptors (Lipinski definition) is 2. The van der Waals surface area contributed by atoms with Gasteiger partial charge in [0.15, 0.2) is 0 Å². The van der Waals surface area contributed by atoms with Gasteiger partial charge < -0.3 is 5.32 Å². The van der Waals surface area contributed by atoms with Gasteiger partial charge in [-0.1, -0.05) is 51.5 Å². The van der Waals surface area contributed by atoms with Gasteiger partial charge in [-0.3, -0.25) is 0 Å². The Bertz CT molecular complexity index is 256. The summed E-state index contributed by atoms with van der Waals surface area (Å²) in [7, 11) is 0. The van der Waals surface area contributed by atoms with Gasteiger partial charge in [0, 0.05) is 10.9 Å².